The molecule has 0 heterocycles. The Labute approximate surface area is 126 Å². The Balaban J connectivity index is -0.000000480. The van der Waals surface area contributed by atoms with Crippen molar-refractivity contribution < 1.29 is 5.11 Å². The maximum absolute atomic E-state index is 9.20. The van der Waals surface area contributed by atoms with Gasteiger partial charge in [-0.3, -0.25) is 0 Å². The van der Waals surface area contributed by atoms with Crippen LogP contribution in [0, 0.1) is 0 Å². The van der Waals surface area contributed by atoms with Crippen LogP contribution in [-0.4, -0.2) is 5.11 Å². The van der Waals surface area contributed by atoms with Gasteiger partial charge in [-0.15, -0.1) is 0 Å². The van der Waals surface area contributed by atoms with Crippen LogP contribution in [0.3, 0.4) is 0 Å². The molecule has 1 rings (SSSR count). The number of hydrogen-bond acceptors (Lipinski definition) is 1. The van der Waals surface area contributed by atoms with Crippen LogP contribution in [0.4, 0.5) is 0 Å². The summed E-state index contributed by atoms with van der Waals surface area (Å²) in [6.45, 7) is 0. The smallest absolute Gasteiger partial charge is 0.155 e. The van der Waals surface area contributed by atoms with Crippen LogP contribution in [0.2, 0.25) is 25.1 Å². The third kappa shape index (κ3) is 4.45. The maximum Gasteiger partial charge on any atom is 0.155 e. The SMILES string of the molecule is Oc1c(Cl)c(Cl)c(Cl)c(Cl)c1Cl.P.P.S. The van der Waals surface area contributed by atoms with Crippen molar-refractivity contribution in [2.45, 2.75) is 0 Å². The van der Waals surface area contributed by atoms with Gasteiger partial charge in [-0.2, -0.15) is 33.3 Å². The average molecular weight is 368 g/mol. The Hall–Kier alpha value is 1.68. The van der Waals surface area contributed by atoms with Crippen molar-refractivity contribution in [2.75, 3.05) is 0 Å². The fraction of sp³-hybridized carbons (Fsp3) is 0. The second-order valence-corrected chi connectivity index (χ2v) is 3.81. The highest BCUT2D eigenvalue weighted by molar-refractivity contribution is 7.59. The van der Waals surface area contributed by atoms with Crippen molar-refractivity contribution >= 4 is 91.3 Å². The van der Waals surface area contributed by atoms with Gasteiger partial charge in [-0.25, -0.2) is 0 Å². The molecule has 0 fully saturated rings. The van der Waals surface area contributed by atoms with Crippen LogP contribution < -0.4 is 0 Å². The van der Waals surface area contributed by atoms with E-state index in [4.69, 9.17) is 58.0 Å². The molecule has 15 heavy (non-hydrogen) atoms. The Morgan fingerprint density at radius 2 is 0.800 bits per heavy atom. The lowest BCUT2D eigenvalue weighted by atomic mass is 10.3. The summed E-state index contributed by atoms with van der Waals surface area (Å²) in [7, 11) is 0. The minimum Gasteiger partial charge on any atom is -0.505 e. The molecule has 1 nitrogen and oxygen atoms in total. The van der Waals surface area contributed by atoms with Crippen molar-refractivity contribution in [3.05, 3.63) is 25.1 Å². The summed E-state index contributed by atoms with van der Waals surface area (Å²) in [6.07, 6.45) is 0. The molecular weight excluding hydrogens is 359 g/mol. The molecule has 2 atom stereocenters. The van der Waals surface area contributed by atoms with Gasteiger partial charge >= 0.3 is 0 Å². The number of benzene rings is 1. The molecule has 1 N–H and O–H groups in total. The predicted molar refractivity (Wildman–Crippen MR) is 85.7 cm³/mol. The van der Waals surface area contributed by atoms with Crippen molar-refractivity contribution in [3.8, 4) is 5.75 Å². The molecule has 0 aromatic heterocycles. The number of hydrogen-bond donors (Lipinski definition) is 1. The van der Waals surface area contributed by atoms with E-state index in [9.17, 15) is 5.11 Å². The lowest BCUT2D eigenvalue weighted by Crippen LogP contribution is -1.78. The van der Waals surface area contributed by atoms with Gasteiger partial charge in [0.05, 0.1) is 15.1 Å². The average Bonchev–Trinajstić information content (AvgIpc) is 2.08. The number of rotatable bonds is 0. The van der Waals surface area contributed by atoms with E-state index in [2.05, 4.69) is 0 Å². The van der Waals surface area contributed by atoms with Gasteiger partial charge in [0, 0.05) is 0 Å². The van der Waals surface area contributed by atoms with Gasteiger partial charge in [0.25, 0.3) is 0 Å². The zero-order chi connectivity index (χ0) is 9.46. The number of phenolic OH excluding ortho intramolecular Hbond substituents is 1. The van der Waals surface area contributed by atoms with E-state index in [1.807, 2.05) is 0 Å². The van der Waals surface area contributed by atoms with Crippen molar-refractivity contribution in [2.24, 2.45) is 0 Å². The van der Waals surface area contributed by atoms with E-state index in [0.29, 0.717) is 0 Å². The molecule has 1 aromatic rings. The van der Waals surface area contributed by atoms with Gasteiger partial charge in [0.1, 0.15) is 10.0 Å². The number of aromatic hydroxyl groups is 1. The summed E-state index contributed by atoms with van der Waals surface area (Å²) in [5.74, 6) is -0.363. The first-order valence-electron chi connectivity index (χ1n) is 2.67. The lowest BCUT2D eigenvalue weighted by Gasteiger charge is -2.06. The highest BCUT2D eigenvalue weighted by atomic mass is 35.5. The first-order chi connectivity index (χ1) is 5.46. The van der Waals surface area contributed by atoms with Crippen molar-refractivity contribution in [1.82, 2.24) is 0 Å². The molecule has 0 aliphatic heterocycles. The van der Waals surface area contributed by atoms with Crippen LogP contribution in [0.15, 0.2) is 0 Å². The largest absolute Gasteiger partial charge is 0.505 e. The fourth-order valence-electron chi connectivity index (χ4n) is 0.593. The van der Waals surface area contributed by atoms with Crippen molar-refractivity contribution in [1.29, 1.82) is 0 Å². The predicted octanol–water partition coefficient (Wildman–Crippen LogP) is 4.89. The molecule has 0 saturated heterocycles. The second kappa shape index (κ2) is 8.72. The first kappa shape index (κ1) is 21.9. The summed E-state index contributed by atoms with van der Waals surface area (Å²) >= 11 is 27.9. The molecule has 0 bridgehead atoms. The lowest BCUT2D eigenvalue weighted by molar-refractivity contribution is 0.476. The number of phenols is 1. The zero-order valence-corrected chi connectivity index (χ0v) is 14.9. The zero-order valence-electron chi connectivity index (χ0n) is 7.25. The topological polar surface area (TPSA) is 20.2 Å². The standard InChI is InChI=1S/C6HCl5O.2H3P.H2S/c7-1-2(8)4(10)6(12)5(11)3(1)9;;;/h12H;2*1H3;1H2. The minimum absolute atomic E-state index is 0. The second-order valence-electron chi connectivity index (χ2n) is 1.92. The summed E-state index contributed by atoms with van der Waals surface area (Å²) in [5, 5.41) is 9.01. The van der Waals surface area contributed by atoms with E-state index in [1.54, 1.807) is 0 Å². The monoisotopic (exact) mass is 366 g/mol. The molecule has 0 saturated carbocycles. The van der Waals surface area contributed by atoms with Crippen LogP contribution in [0.1, 0.15) is 0 Å². The van der Waals surface area contributed by atoms with Crippen molar-refractivity contribution in [3.63, 3.8) is 0 Å². The summed E-state index contributed by atoms with van der Waals surface area (Å²) in [4.78, 5) is 0. The normalized spacial score (nSPS) is 8.33. The quantitative estimate of drug-likeness (QED) is 0.393. The Bertz CT molecular complexity index is 244. The minimum atomic E-state index is -0.363. The third-order valence-electron chi connectivity index (χ3n) is 1.19. The maximum atomic E-state index is 9.20. The van der Waals surface area contributed by atoms with Crippen LogP contribution >= 0.6 is 91.3 Å². The number of halogens is 5. The van der Waals surface area contributed by atoms with Crippen LogP contribution in [-0.2, 0) is 0 Å². The Kier molecular flexibility index (Phi) is 12.7. The molecule has 0 spiro atoms. The fourth-order valence-corrected chi connectivity index (χ4v) is 1.72. The van der Waals surface area contributed by atoms with E-state index >= 15 is 0 Å². The van der Waals surface area contributed by atoms with Gasteiger partial charge in [-0.1, -0.05) is 58.0 Å². The van der Waals surface area contributed by atoms with Gasteiger partial charge in [-0.05, 0) is 0 Å². The third-order valence-corrected chi connectivity index (χ3v) is 3.44. The van der Waals surface area contributed by atoms with E-state index in [1.165, 1.54) is 0 Å². The molecule has 90 valence electrons. The summed E-state index contributed by atoms with van der Waals surface area (Å²) < 4.78 is 0. The molecule has 0 radical (unpaired) electrons. The molecule has 9 heteroatoms. The highest BCUT2D eigenvalue weighted by Crippen LogP contribution is 2.47. The van der Waals surface area contributed by atoms with E-state index in [0.717, 1.165) is 0 Å². The molecule has 2 unspecified atom stereocenters. The molecule has 0 aliphatic rings. The van der Waals surface area contributed by atoms with Gasteiger partial charge in [0.2, 0.25) is 0 Å². The summed E-state index contributed by atoms with van der Waals surface area (Å²) in [6, 6.07) is 0. The van der Waals surface area contributed by atoms with Crippen LogP contribution in [0.25, 0.3) is 0 Å². The van der Waals surface area contributed by atoms with E-state index in [-0.39, 0.29) is 64.2 Å². The Morgan fingerprint density at radius 3 is 1.07 bits per heavy atom. The van der Waals surface area contributed by atoms with Crippen LogP contribution in [0.5, 0.6) is 5.75 Å². The van der Waals surface area contributed by atoms with Gasteiger partial charge < -0.3 is 5.11 Å². The molecular formula is C6H9Cl5OP2S. The molecule has 0 aliphatic carbocycles. The Morgan fingerprint density at radius 1 is 0.600 bits per heavy atom. The van der Waals surface area contributed by atoms with E-state index < -0.39 is 0 Å². The molecule has 0 amide bonds. The van der Waals surface area contributed by atoms with Gasteiger partial charge in [0.15, 0.2) is 5.75 Å². The molecule has 1 aromatic carbocycles. The summed E-state index contributed by atoms with van der Waals surface area (Å²) in [5.41, 5.74) is 0. The first-order valence-corrected chi connectivity index (χ1v) is 4.56. The highest BCUT2D eigenvalue weighted by Gasteiger charge is 2.17.